The summed E-state index contributed by atoms with van der Waals surface area (Å²) in [5, 5.41) is 7.45. The van der Waals surface area contributed by atoms with Crippen LogP contribution in [0.4, 0.5) is 11.5 Å². The molecule has 6 heteroatoms. The second-order valence-electron chi connectivity index (χ2n) is 8.02. The number of nitrogens with zero attached hydrogens (tertiary/aromatic N) is 4. The number of aryl methyl sites for hydroxylation is 1. The van der Waals surface area contributed by atoms with Gasteiger partial charge in [-0.05, 0) is 57.5 Å². The van der Waals surface area contributed by atoms with Gasteiger partial charge in [0, 0.05) is 16.7 Å². The summed E-state index contributed by atoms with van der Waals surface area (Å²) in [6, 6.07) is 18.2. The zero-order chi connectivity index (χ0) is 19.9. The zero-order valence-electron chi connectivity index (χ0n) is 16.6. The number of hydrogen-bond acceptors (Lipinski definition) is 3. The molecule has 1 N–H and O–H groups in total. The number of anilines is 1. The molecule has 0 bridgehead atoms. The van der Waals surface area contributed by atoms with E-state index in [1.165, 1.54) is 5.56 Å². The summed E-state index contributed by atoms with van der Waals surface area (Å²) in [7, 11) is 0. The summed E-state index contributed by atoms with van der Waals surface area (Å²) in [5.41, 5.74) is 7.63. The predicted molar refractivity (Wildman–Crippen MR) is 115 cm³/mol. The Morgan fingerprint density at radius 2 is 1.79 bits per heavy atom. The fourth-order valence-corrected chi connectivity index (χ4v) is 3.45. The molecule has 0 saturated heterocycles. The summed E-state index contributed by atoms with van der Waals surface area (Å²) >= 11 is 6.06. The number of benzene rings is 2. The molecule has 0 aliphatic carbocycles. The first-order valence-electron chi connectivity index (χ1n) is 9.35. The number of hydrogen-bond donors (Lipinski definition) is 1. The lowest BCUT2D eigenvalue weighted by atomic mass is 10.0. The molecular formula is C22H24ClN5. The zero-order valence-corrected chi connectivity index (χ0v) is 17.3. The van der Waals surface area contributed by atoms with Gasteiger partial charge in [-0.15, -0.1) is 0 Å². The molecule has 2 heterocycles. The Morgan fingerprint density at radius 3 is 2.50 bits per heavy atom. The second-order valence-corrected chi connectivity index (χ2v) is 8.45. The Bertz CT molecular complexity index is 1030. The highest BCUT2D eigenvalue weighted by atomic mass is 35.5. The van der Waals surface area contributed by atoms with Crippen molar-refractivity contribution >= 4 is 28.9 Å². The smallest absolute Gasteiger partial charge is 0.154 e. The fraction of sp³-hybridized carbons (Fsp3) is 0.273. The molecule has 1 aliphatic rings. The van der Waals surface area contributed by atoms with E-state index in [0.29, 0.717) is 0 Å². The van der Waals surface area contributed by atoms with Gasteiger partial charge >= 0.3 is 0 Å². The topological polar surface area (TPSA) is 45.5 Å². The summed E-state index contributed by atoms with van der Waals surface area (Å²) in [5.74, 6) is 1.64. The average molecular weight is 394 g/mol. The molecule has 0 atom stereocenters. The maximum Gasteiger partial charge on any atom is 0.154 e. The third-order valence-electron chi connectivity index (χ3n) is 4.65. The first-order valence-corrected chi connectivity index (χ1v) is 9.73. The van der Waals surface area contributed by atoms with E-state index in [2.05, 4.69) is 54.5 Å². The van der Waals surface area contributed by atoms with Crippen molar-refractivity contribution in [2.75, 3.05) is 5.01 Å². The predicted octanol–water partition coefficient (Wildman–Crippen LogP) is 5.20. The number of rotatable bonds is 2. The molecule has 2 aromatic carbocycles. The molecule has 0 amide bonds. The second kappa shape index (κ2) is 6.99. The van der Waals surface area contributed by atoms with E-state index >= 15 is 0 Å². The van der Waals surface area contributed by atoms with Gasteiger partial charge in [0.2, 0.25) is 0 Å². The number of amidine groups is 1. The molecule has 0 spiro atoms. The van der Waals surface area contributed by atoms with E-state index < -0.39 is 0 Å². The standard InChI is InChI=1S/C22H24ClN5/c1-15-13-20(28(25-15)22(2,3)4)24-21-19-8-6-5-7-16(19)14-27(26-21)18-11-9-17(23)10-12-18/h5-13H,14H2,1-4H3,(H,24,26). The van der Waals surface area contributed by atoms with Crippen LogP contribution in [0.15, 0.2) is 59.6 Å². The van der Waals surface area contributed by atoms with E-state index in [9.17, 15) is 0 Å². The van der Waals surface area contributed by atoms with Crippen LogP contribution < -0.4 is 10.4 Å². The third kappa shape index (κ3) is 3.62. The largest absolute Gasteiger partial charge is 0.282 e. The molecule has 0 saturated carbocycles. The van der Waals surface area contributed by atoms with Crippen LogP contribution in [0.2, 0.25) is 5.02 Å². The molecule has 0 fully saturated rings. The van der Waals surface area contributed by atoms with Crippen LogP contribution in [0.1, 0.15) is 37.6 Å². The minimum absolute atomic E-state index is 0.155. The van der Waals surface area contributed by atoms with Gasteiger partial charge in [0.15, 0.2) is 11.7 Å². The highest BCUT2D eigenvalue weighted by Crippen LogP contribution is 2.27. The minimum Gasteiger partial charge on any atom is -0.282 e. The van der Waals surface area contributed by atoms with Gasteiger partial charge in [-0.2, -0.15) is 5.10 Å². The monoisotopic (exact) mass is 393 g/mol. The molecule has 0 radical (unpaired) electrons. The van der Waals surface area contributed by atoms with Crippen LogP contribution >= 0.6 is 11.6 Å². The van der Waals surface area contributed by atoms with Gasteiger partial charge in [-0.1, -0.05) is 35.9 Å². The van der Waals surface area contributed by atoms with Crippen molar-refractivity contribution in [2.45, 2.75) is 39.8 Å². The SMILES string of the molecule is Cc1cc(/N=C2\NN(c3ccc(Cl)cc3)Cc3ccccc32)n(C(C)(C)C)n1. The molecule has 5 nitrogen and oxygen atoms in total. The Morgan fingerprint density at radius 1 is 1.07 bits per heavy atom. The number of fused-ring (bicyclic) bond motifs is 1. The lowest BCUT2D eigenvalue weighted by Crippen LogP contribution is -2.46. The maximum atomic E-state index is 6.06. The van der Waals surface area contributed by atoms with Gasteiger partial charge < -0.3 is 0 Å². The van der Waals surface area contributed by atoms with E-state index in [1.54, 1.807) is 0 Å². The van der Waals surface area contributed by atoms with E-state index in [-0.39, 0.29) is 5.54 Å². The van der Waals surface area contributed by atoms with Crippen LogP contribution in [0, 0.1) is 6.92 Å². The van der Waals surface area contributed by atoms with Crippen molar-refractivity contribution in [1.29, 1.82) is 0 Å². The van der Waals surface area contributed by atoms with Crippen LogP contribution in [-0.4, -0.2) is 15.6 Å². The highest BCUT2D eigenvalue weighted by molar-refractivity contribution is 6.30. The number of hydrazine groups is 1. The molecule has 3 aromatic rings. The number of aliphatic imine (C=N–C) groups is 1. The van der Waals surface area contributed by atoms with Crippen molar-refractivity contribution in [1.82, 2.24) is 15.2 Å². The Hall–Kier alpha value is -2.79. The van der Waals surface area contributed by atoms with Gasteiger partial charge in [0.25, 0.3) is 0 Å². The maximum absolute atomic E-state index is 6.06. The molecular weight excluding hydrogens is 370 g/mol. The summed E-state index contributed by atoms with van der Waals surface area (Å²) in [6.07, 6.45) is 0. The molecule has 1 aliphatic heterocycles. The average Bonchev–Trinajstić information content (AvgIpc) is 3.03. The summed E-state index contributed by atoms with van der Waals surface area (Å²) < 4.78 is 1.97. The number of halogens is 1. The quantitative estimate of drug-likeness (QED) is 0.650. The number of aromatic nitrogens is 2. The van der Waals surface area contributed by atoms with Gasteiger partial charge in [0.05, 0.1) is 23.5 Å². The van der Waals surface area contributed by atoms with E-state index in [4.69, 9.17) is 16.6 Å². The fourth-order valence-electron chi connectivity index (χ4n) is 3.32. The van der Waals surface area contributed by atoms with E-state index in [1.807, 2.05) is 48.0 Å². The van der Waals surface area contributed by atoms with Crippen molar-refractivity contribution in [3.8, 4) is 0 Å². The normalized spacial score (nSPS) is 15.5. The van der Waals surface area contributed by atoms with Crippen LogP contribution in [0.3, 0.4) is 0 Å². The van der Waals surface area contributed by atoms with Crippen molar-refractivity contribution < 1.29 is 0 Å². The molecule has 28 heavy (non-hydrogen) atoms. The summed E-state index contributed by atoms with van der Waals surface area (Å²) in [4.78, 5) is 4.98. The van der Waals surface area contributed by atoms with Gasteiger partial charge in [-0.3, -0.25) is 10.4 Å². The molecule has 0 unspecified atom stereocenters. The number of nitrogens with one attached hydrogen (secondary N) is 1. The van der Waals surface area contributed by atoms with Crippen LogP contribution in [0.25, 0.3) is 0 Å². The molecule has 4 rings (SSSR count). The lowest BCUT2D eigenvalue weighted by molar-refractivity contribution is 0.358. The van der Waals surface area contributed by atoms with Crippen molar-refractivity contribution in [3.05, 3.63) is 76.4 Å². The molecule has 144 valence electrons. The minimum atomic E-state index is -0.155. The molecule has 1 aromatic heterocycles. The Labute approximate surface area is 170 Å². The summed E-state index contributed by atoms with van der Waals surface area (Å²) in [6.45, 7) is 9.13. The van der Waals surface area contributed by atoms with Gasteiger partial charge in [-0.25, -0.2) is 9.67 Å². The lowest BCUT2D eigenvalue weighted by Gasteiger charge is -2.33. The van der Waals surface area contributed by atoms with Gasteiger partial charge in [0.1, 0.15) is 0 Å². The Balaban J connectivity index is 1.79. The van der Waals surface area contributed by atoms with Crippen molar-refractivity contribution in [2.24, 2.45) is 4.99 Å². The van der Waals surface area contributed by atoms with Crippen LogP contribution in [0.5, 0.6) is 0 Å². The first kappa shape index (κ1) is 18.6. The third-order valence-corrected chi connectivity index (χ3v) is 4.91. The van der Waals surface area contributed by atoms with E-state index in [0.717, 1.165) is 40.2 Å². The van der Waals surface area contributed by atoms with Crippen LogP contribution in [-0.2, 0) is 12.1 Å². The van der Waals surface area contributed by atoms with Crippen molar-refractivity contribution in [3.63, 3.8) is 0 Å². The Kier molecular flexibility index (Phi) is 4.63. The highest BCUT2D eigenvalue weighted by Gasteiger charge is 2.23. The first-order chi connectivity index (χ1) is 13.3.